The molecule has 1 saturated heterocycles. The first-order chi connectivity index (χ1) is 10.7. The Morgan fingerprint density at radius 1 is 1.17 bits per heavy atom. The molecule has 136 valence electrons. The van der Waals surface area contributed by atoms with E-state index < -0.39 is 36.0 Å². The van der Waals surface area contributed by atoms with Crippen LogP contribution in [0, 0.1) is 0 Å². The van der Waals surface area contributed by atoms with Gasteiger partial charge in [-0.3, -0.25) is 0 Å². The quantitative estimate of drug-likeness (QED) is 0.642. The Hall–Kier alpha value is -1.26. The van der Waals surface area contributed by atoms with E-state index in [9.17, 15) is 18.3 Å². The van der Waals surface area contributed by atoms with Gasteiger partial charge in [-0.25, -0.2) is 0 Å². The second-order valence-corrected chi connectivity index (χ2v) is 7.41. The van der Waals surface area contributed by atoms with E-state index in [1.807, 2.05) is 27.7 Å². The van der Waals surface area contributed by atoms with Crippen LogP contribution in [0.5, 0.6) is 0 Å². The van der Waals surface area contributed by atoms with Crippen LogP contribution in [-0.4, -0.2) is 40.9 Å². The Morgan fingerprint density at radius 3 is 2.12 bits per heavy atom. The molecule has 0 amide bonds. The largest absolute Gasteiger partial charge is 0.510 e. The lowest BCUT2D eigenvalue weighted by Crippen LogP contribution is -2.41. The van der Waals surface area contributed by atoms with Crippen LogP contribution in [0.15, 0.2) is 10.6 Å². The lowest BCUT2D eigenvalue weighted by atomic mass is 9.87. The lowest BCUT2D eigenvalue weighted by Gasteiger charge is -2.32. The Labute approximate surface area is 138 Å². The minimum atomic E-state index is -4.48. The highest BCUT2D eigenvalue weighted by Gasteiger charge is 2.54. The fourth-order valence-electron chi connectivity index (χ4n) is 2.01. The molecule has 2 heterocycles. The number of nitrogens with one attached hydrogen (secondary N) is 1. The number of halogens is 3. The summed E-state index contributed by atoms with van der Waals surface area (Å²) in [6.45, 7) is 9.27. The summed E-state index contributed by atoms with van der Waals surface area (Å²) >= 11 is 0. The molecule has 0 spiro atoms. The average Bonchev–Trinajstić information content (AvgIpc) is 2.92. The average molecular weight is 350 g/mol. The zero-order valence-electron chi connectivity index (χ0n) is 14.5. The molecule has 1 aromatic heterocycles. The maximum Gasteiger partial charge on any atom is 0.510 e. The first kappa shape index (κ1) is 19.1. The fourth-order valence-corrected chi connectivity index (χ4v) is 2.01. The van der Waals surface area contributed by atoms with Crippen LogP contribution < -0.4 is 5.32 Å². The first-order valence-electron chi connectivity index (χ1n) is 7.51. The predicted octanol–water partition coefficient (Wildman–Crippen LogP) is 2.88. The number of alkyl halides is 3. The molecule has 1 atom stereocenters. The van der Waals surface area contributed by atoms with Gasteiger partial charge in [0.05, 0.1) is 11.2 Å². The van der Waals surface area contributed by atoms with E-state index >= 15 is 0 Å². The first-order valence-corrected chi connectivity index (χ1v) is 7.51. The molecule has 1 unspecified atom stereocenters. The maximum atomic E-state index is 13.0. The Kier molecular flexibility index (Phi) is 4.48. The molecule has 1 aromatic rings. The van der Waals surface area contributed by atoms with Crippen LogP contribution in [0.4, 0.5) is 19.1 Å². The highest BCUT2D eigenvalue weighted by molar-refractivity contribution is 6.47. The maximum absolute atomic E-state index is 13.0. The Bertz CT molecular complexity index is 585. The predicted molar refractivity (Wildman–Crippen MR) is 81.3 cm³/mol. The second kappa shape index (κ2) is 5.64. The number of rotatable bonds is 4. The van der Waals surface area contributed by atoms with E-state index in [1.165, 1.54) is 0 Å². The third-order valence-corrected chi connectivity index (χ3v) is 4.68. The molecular weight excluding hydrogens is 328 g/mol. The van der Waals surface area contributed by atoms with Crippen LogP contribution in [0.3, 0.4) is 0 Å². The van der Waals surface area contributed by atoms with Crippen LogP contribution in [-0.2, 0) is 14.7 Å². The third kappa shape index (κ3) is 3.27. The van der Waals surface area contributed by atoms with Gasteiger partial charge in [0.2, 0.25) is 5.88 Å². The van der Waals surface area contributed by atoms with Crippen molar-refractivity contribution in [3.05, 3.63) is 11.8 Å². The van der Waals surface area contributed by atoms with Crippen molar-refractivity contribution in [3.8, 4) is 0 Å². The number of aliphatic hydroxyl groups excluding tert-OH is 1. The summed E-state index contributed by atoms with van der Waals surface area (Å²) in [4.78, 5) is 0. The van der Waals surface area contributed by atoms with E-state index in [4.69, 9.17) is 13.8 Å². The van der Waals surface area contributed by atoms with Gasteiger partial charge in [0.15, 0.2) is 6.13 Å². The molecule has 10 heteroatoms. The number of hydrogen-bond donors (Lipinski definition) is 2. The van der Waals surface area contributed by atoms with Gasteiger partial charge in [0.1, 0.15) is 11.1 Å². The van der Waals surface area contributed by atoms with Gasteiger partial charge in [0, 0.05) is 6.07 Å². The van der Waals surface area contributed by atoms with E-state index in [0.717, 1.165) is 19.9 Å². The van der Waals surface area contributed by atoms with Gasteiger partial charge in [0.25, 0.3) is 0 Å². The second-order valence-electron chi connectivity index (χ2n) is 7.41. The number of anilines is 1. The molecule has 2 N–H and O–H groups in total. The molecule has 1 aliphatic heterocycles. The fraction of sp³-hybridized carbons (Fsp3) is 0.786. The van der Waals surface area contributed by atoms with Crippen LogP contribution in [0.1, 0.15) is 47.2 Å². The molecule has 0 radical (unpaired) electrons. The summed E-state index contributed by atoms with van der Waals surface area (Å²) < 4.78 is 55.2. The Morgan fingerprint density at radius 2 is 1.67 bits per heavy atom. The van der Waals surface area contributed by atoms with Crippen molar-refractivity contribution in [3.63, 3.8) is 0 Å². The standard InChI is InChI=1S/C14H22BF3N2O4/c1-11(2,14(16,17)18)8-7-9(22-20-8)19-10(21)15-23-12(3,4)13(5,6)24-15/h7,10,19,21H,1-6H3. The summed E-state index contributed by atoms with van der Waals surface area (Å²) in [6.07, 6.45) is -5.81. The number of hydrogen-bond acceptors (Lipinski definition) is 6. The molecule has 0 saturated carbocycles. The summed E-state index contributed by atoms with van der Waals surface area (Å²) in [6, 6.07) is 1.10. The van der Waals surface area contributed by atoms with Gasteiger partial charge in [-0.05, 0) is 41.5 Å². The molecule has 0 aliphatic carbocycles. The van der Waals surface area contributed by atoms with Crippen LogP contribution in [0.2, 0.25) is 0 Å². The monoisotopic (exact) mass is 350 g/mol. The van der Waals surface area contributed by atoms with Gasteiger partial charge in [-0.15, -0.1) is 0 Å². The van der Waals surface area contributed by atoms with E-state index in [2.05, 4.69) is 10.5 Å². The van der Waals surface area contributed by atoms with E-state index in [-0.39, 0.29) is 11.6 Å². The Balaban J connectivity index is 2.08. The summed E-state index contributed by atoms with van der Waals surface area (Å²) in [5.74, 6) is -0.107. The molecule has 1 aliphatic rings. The van der Waals surface area contributed by atoms with E-state index in [0.29, 0.717) is 0 Å². The molecule has 6 nitrogen and oxygen atoms in total. The molecule has 0 aromatic carbocycles. The van der Waals surface area contributed by atoms with Crippen molar-refractivity contribution in [2.75, 3.05) is 5.32 Å². The van der Waals surface area contributed by atoms with Crippen molar-refractivity contribution in [2.24, 2.45) is 0 Å². The van der Waals surface area contributed by atoms with Crippen molar-refractivity contribution < 1.29 is 32.1 Å². The minimum absolute atomic E-state index is 0.107. The van der Waals surface area contributed by atoms with Crippen molar-refractivity contribution in [1.82, 2.24) is 5.16 Å². The SMILES string of the molecule is CC1(C)OB(C(O)Nc2cc(C(C)(C)C(F)(F)F)no2)OC1(C)C. The molecule has 0 bridgehead atoms. The zero-order valence-corrected chi connectivity index (χ0v) is 14.5. The molecule has 1 fully saturated rings. The summed E-state index contributed by atoms with van der Waals surface area (Å²) in [5.41, 5.74) is -3.76. The highest BCUT2D eigenvalue weighted by Crippen LogP contribution is 2.41. The van der Waals surface area contributed by atoms with Gasteiger partial charge < -0.3 is 24.3 Å². The normalized spacial score (nSPS) is 21.8. The van der Waals surface area contributed by atoms with E-state index in [1.54, 1.807) is 0 Å². The summed E-state index contributed by atoms with van der Waals surface area (Å²) in [5, 5.41) is 16.1. The molecule has 24 heavy (non-hydrogen) atoms. The van der Waals surface area contributed by atoms with Crippen LogP contribution >= 0.6 is 0 Å². The third-order valence-electron chi connectivity index (χ3n) is 4.68. The minimum Gasteiger partial charge on any atom is -0.400 e. The van der Waals surface area contributed by atoms with Gasteiger partial charge in [-0.2, -0.15) is 13.2 Å². The number of nitrogens with zero attached hydrogens (tertiary/aromatic N) is 1. The lowest BCUT2D eigenvalue weighted by molar-refractivity contribution is -0.181. The molecule has 2 rings (SSSR count). The van der Waals surface area contributed by atoms with Gasteiger partial charge >= 0.3 is 13.3 Å². The van der Waals surface area contributed by atoms with Crippen molar-refractivity contribution >= 4 is 13.0 Å². The number of aromatic nitrogens is 1. The molecular formula is C14H22BF3N2O4. The topological polar surface area (TPSA) is 76.8 Å². The smallest absolute Gasteiger partial charge is 0.400 e. The van der Waals surface area contributed by atoms with Crippen LogP contribution in [0.25, 0.3) is 0 Å². The highest BCUT2D eigenvalue weighted by atomic mass is 19.4. The zero-order chi connectivity index (χ0) is 18.6. The number of aliphatic hydroxyl groups is 1. The van der Waals surface area contributed by atoms with Gasteiger partial charge in [-0.1, -0.05) is 5.16 Å². The summed E-state index contributed by atoms with van der Waals surface area (Å²) in [7, 11) is -1.00. The van der Waals surface area contributed by atoms with Crippen molar-refractivity contribution in [2.45, 2.75) is 70.5 Å². The van der Waals surface area contributed by atoms with Crippen molar-refractivity contribution in [1.29, 1.82) is 0 Å².